The zero-order valence-corrected chi connectivity index (χ0v) is 12.5. The van der Waals surface area contributed by atoms with Gasteiger partial charge in [-0.3, -0.25) is 4.79 Å². The van der Waals surface area contributed by atoms with E-state index in [1.165, 1.54) is 16.9 Å². The fraction of sp³-hybridized carbons (Fsp3) is 0.312. The minimum Gasteiger partial charge on any atom is -0.398 e. The van der Waals surface area contributed by atoms with E-state index in [1.54, 1.807) is 6.07 Å². The first-order valence-corrected chi connectivity index (χ1v) is 7.67. The third kappa shape index (κ3) is 2.10. The average molecular weight is 286 g/mol. The van der Waals surface area contributed by atoms with Crippen LogP contribution in [0.1, 0.15) is 33.5 Å². The smallest absolute Gasteiger partial charge is 0.268 e. The van der Waals surface area contributed by atoms with Crippen LogP contribution in [0, 0.1) is 6.92 Å². The van der Waals surface area contributed by atoms with Crippen LogP contribution in [0.5, 0.6) is 0 Å². The second-order valence-electron chi connectivity index (χ2n) is 5.31. The molecule has 0 bridgehead atoms. The number of fused-ring (bicyclic) bond motifs is 1. The van der Waals surface area contributed by atoms with E-state index in [-0.39, 0.29) is 11.9 Å². The van der Waals surface area contributed by atoms with Crippen molar-refractivity contribution in [2.45, 2.75) is 32.7 Å². The van der Waals surface area contributed by atoms with E-state index in [0.717, 1.165) is 28.3 Å². The van der Waals surface area contributed by atoms with Gasteiger partial charge in [0, 0.05) is 22.3 Å². The van der Waals surface area contributed by atoms with E-state index in [2.05, 4.69) is 13.0 Å². The number of thiophene rings is 1. The number of hydrogen-bond acceptors (Lipinski definition) is 3. The predicted octanol–water partition coefficient (Wildman–Crippen LogP) is 3.62. The lowest BCUT2D eigenvalue weighted by atomic mass is 9.96. The molecular weight excluding hydrogens is 268 g/mol. The van der Waals surface area contributed by atoms with E-state index in [4.69, 9.17) is 5.73 Å². The summed E-state index contributed by atoms with van der Waals surface area (Å²) < 4.78 is 0. The summed E-state index contributed by atoms with van der Waals surface area (Å²) in [5.74, 6) is 0.0643. The Bertz CT molecular complexity index is 643. The molecule has 2 aromatic rings. The Balaban J connectivity index is 2.02. The molecule has 104 valence electrons. The number of carbonyl (C=O) groups is 1. The molecule has 0 saturated carbocycles. The van der Waals surface area contributed by atoms with E-state index >= 15 is 0 Å². The summed E-state index contributed by atoms with van der Waals surface area (Å²) in [7, 11) is 0. The molecule has 1 aromatic carbocycles. The van der Waals surface area contributed by atoms with Gasteiger partial charge in [-0.2, -0.15) is 0 Å². The number of nitrogen functional groups attached to an aromatic ring is 1. The molecule has 0 spiro atoms. The SMILES string of the molecule is Cc1sc(C(=O)N2c3ccccc3CCC2C)cc1N. The third-order valence-electron chi connectivity index (χ3n) is 3.91. The molecule has 0 radical (unpaired) electrons. The van der Waals surface area contributed by atoms with Gasteiger partial charge in [0.2, 0.25) is 0 Å². The lowest BCUT2D eigenvalue weighted by Crippen LogP contribution is -2.41. The average Bonchev–Trinajstić information content (AvgIpc) is 2.78. The zero-order chi connectivity index (χ0) is 14.3. The summed E-state index contributed by atoms with van der Waals surface area (Å²) in [4.78, 5) is 16.5. The number of aryl methyl sites for hydroxylation is 2. The number of nitrogens with two attached hydrogens (primary N) is 1. The maximum Gasteiger partial charge on any atom is 0.268 e. The van der Waals surface area contributed by atoms with Crippen molar-refractivity contribution in [1.29, 1.82) is 0 Å². The molecule has 1 aromatic heterocycles. The summed E-state index contributed by atoms with van der Waals surface area (Å²) in [5, 5.41) is 0. The molecule has 0 fully saturated rings. The first-order chi connectivity index (χ1) is 9.58. The number of carbonyl (C=O) groups excluding carboxylic acids is 1. The molecule has 2 heterocycles. The monoisotopic (exact) mass is 286 g/mol. The standard InChI is InChI=1S/C16H18N2OS/c1-10-7-8-12-5-3-4-6-14(12)18(10)16(19)15-9-13(17)11(2)20-15/h3-6,9-10H,7-8,17H2,1-2H3. The first-order valence-electron chi connectivity index (χ1n) is 6.85. The fourth-order valence-electron chi connectivity index (χ4n) is 2.72. The van der Waals surface area contributed by atoms with E-state index in [9.17, 15) is 4.79 Å². The topological polar surface area (TPSA) is 46.3 Å². The number of anilines is 2. The highest BCUT2D eigenvalue weighted by Gasteiger charge is 2.29. The van der Waals surface area contributed by atoms with Crippen molar-refractivity contribution in [3.05, 3.63) is 45.6 Å². The van der Waals surface area contributed by atoms with Gasteiger partial charge in [0.15, 0.2) is 0 Å². The highest BCUT2D eigenvalue weighted by molar-refractivity contribution is 7.14. The Hall–Kier alpha value is -1.81. The zero-order valence-electron chi connectivity index (χ0n) is 11.7. The van der Waals surface area contributed by atoms with Crippen LogP contribution >= 0.6 is 11.3 Å². The molecule has 1 unspecified atom stereocenters. The molecule has 1 aliphatic rings. The van der Waals surface area contributed by atoms with Crippen LogP contribution < -0.4 is 10.6 Å². The molecule has 1 atom stereocenters. The second-order valence-corrected chi connectivity index (χ2v) is 6.57. The number of hydrogen-bond donors (Lipinski definition) is 1. The predicted molar refractivity (Wildman–Crippen MR) is 84.5 cm³/mol. The Kier molecular flexibility index (Phi) is 3.26. The largest absolute Gasteiger partial charge is 0.398 e. The van der Waals surface area contributed by atoms with Gasteiger partial charge in [-0.15, -0.1) is 11.3 Å². The lowest BCUT2D eigenvalue weighted by molar-refractivity contribution is 0.0979. The van der Waals surface area contributed by atoms with Crippen molar-refractivity contribution < 1.29 is 4.79 Å². The van der Waals surface area contributed by atoms with Crippen molar-refractivity contribution in [1.82, 2.24) is 0 Å². The highest BCUT2D eigenvalue weighted by atomic mass is 32.1. The fourth-order valence-corrected chi connectivity index (χ4v) is 3.60. The Morgan fingerprint density at radius 1 is 1.40 bits per heavy atom. The summed E-state index contributed by atoms with van der Waals surface area (Å²) >= 11 is 1.48. The second kappa shape index (κ2) is 4.94. The molecule has 3 rings (SSSR count). The molecule has 0 aliphatic carbocycles. The molecule has 3 nitrogen and oxygen atoms in total. The van der Waals surface area contributed by atoms with Crippen LogP contribution in [-0.2, 0) is 6.42 Å². The van der Waals surface area contributed by atoms with Gasteiger partial charge in [0.05, 0.1) is 4.88 Å². The minimum atomic E-state index is 0.0643. The summed E-state index contributed by atoms with van der Waals surface area (Å²) in [6.07, 6.45) is 2.04. The van der Waals surface area contributed by atoms with Crippen LogP contribution in [0.2, 0.25) is 0 Å². The summed E-state index contributed by atoms with van der Waals surface area (Å²) in [6, 6.07) is 10.2. The van der Waals surface area contributed by atoms with Crippen LogP contribution in [0.3, 0.4) is 0 Å². The number of amides is 1. The van der Waals surface area contributed by atoms with Gasteiger partial charge >= 0.3 is 0 Å². The van der Waals surface area contributed by atoms with Gasteiger partial charge in [0.1, 0.15) is 0 Å². The molecule has 1 amide bonds. The van der Waals surface area contributed by atoms with Crippen molar-refractivity contribution in [2.24, 2.45) is 0 Å². The maximum atomic E-state index is 12.8. The summed E-state index contributed by atoms with van der Waals surface area (Å²) in [5.41, 5.74) is 8.87. The Labute approximate surface area is 123 Å². The first kappa shape index (κ1) is 13.2. The minimum absolute atomic E-state index is 0.0643. The molecular formula is C16H18N2OS. The number of benzene rings is 1. The highest BCUT2D eigenvalue weighted by Crippen LogP contribution is 2.33. The Morgan fingerprint density at radius 2 is 2.15 bits per heavy atom. The van der Waals surface area contributed by atoms with Gasteiger partial charge in [-0.05, 0) is 44.4 Å². The molecule has 0 saturated heterocycles. The summed E-state index contributed by atoms with van der Waals surface area (Å²) in [6.45, 7) is 4.06. The Morgan fingerprint density at radius 3 is 2.85 bits per heavy atom. The van der Waals surface area contributed by atoms with Crippen LogP contribution in [0.25, 0.3) is 0 Å². The number of rotatable bonds is 1. The quantitative estimate of drug-likeness (QED) is 0.870. The molecule has 2 N–H and O–H groups in total. The van der Waals surface area contributed by atoms with E-state index in [0.29, 0.717) is 5.69 Å². The van der Waals surface area contributed by atoms with Crippen LogP contribution in [0.4, 0.5) is 11.4 Å². The van der Waals surface area contributed by atoms with Crippen molar-refractivity contribution in [3.63, 3.8) is 0 Å². The van der Waals surface area contributed by atoms with E-state index in [1.807, 2.05) is 30.0 Å². The molecule has 4 heteroatoms. The van der Waals surface area contributed by atoms with E-state index < -0.39 is 0 Å². The lowest BCUT2D eigenvalue weighted by Gasteiger charge is -2.35. The maximum absolute atomic E-state index is 12.8. The van der Waals surface area contributed by atoms with Gasteiger partial charge in [-0.1, -0.05) is 18.2 Å². The van der Waals surface area contributed by atoms with Crippen molar-refractivity contribution in [3.8, 4) is 0 Å². The molecule has 1 aliphatic heterocycles. The third-order valence-corrected chi connectivity index (χ3v) is 4.96. The van der Waals surface area contributed by atoms with Crippen molar-refractivity contribution >= 4 is 28.6 Å². The number of nitrogens with zero attached hydrogens (tertiary/aromatic N) is 1. The van der Waals surface area contributed by atoms with Crippen LogP contribution in [0.15, 0.2) is 30.3 Å². The van der Waals surface area contributed by atoms with Gasteiger partial charge in [-0.25, -0.2) is 0 Å². The van der Waals surface area contributed by atoms with Crippen LogP contribution in [-0.4, -0.2) is 11.9 Å². The number of para-hydroxylation sites is 1. The normalized spacial score (nSPS) is 17.9. The van der Waals surface area contributed by atoms with Gasteiger partial charge < -0.3 is 10.6 Å². The molecule has 20 heavy (non-hydrogen) atoms. The van der Waals surface area contributed by atoms with Gasteiger partial charge in [0.25, 0.3) is 5.91 Å². The van der Waals surface area contributed by atoms with Crippen molar-refractivity contribution in [2.75, 3.05) is 10.6 Å².